The zero-order valence-electron chi connectivity index (χ0n) is 10.9. The molecule has 0 saturated heterocycles. The molecular weight excluding hydrogens is 339 g/mol. The first-order valence-corrected chi connectivity index (χ1v) is 6.15. The highest BCUT2D eigenvalue weighted by molar-refractivity contribution is 14.0. The number of halogens is 1. The summed E-state index contributed by atoms with van der Waals surface area (Å²) >= 11 is 0. The molecule has 2 atom stereocenters. The van der Waals surface area contributed by atoms with Crippen LogP contribution in [-0.4, -0.2) is 30.6 Å². The molecule has 1 saturated carbocycles. The quantitative estimate of drug-likeness (QED) is 0.489. The largest absolute Gasteiger partial charge is 0.356 e. The predicted molar refractivity (Wildman–Crippen MR) is 85.4 cm³/mol. The second-order valence-electron chi connectivity index (χ2n) is 4.57. The Balaban J connectivity index is 0.00000162. The van der Waals surface area contributed by atoms with Crippen LogP contribution < -0.4 is 10.6 Å². The van der Waals surface area contributed by atoms with E-state index in [1.807, 2.05) is 19.3 Å². The van der Waals surface area contributed by atoms with Crippen molar-refractivity contribution < 1.29 is 0 Å². The van der Waals surface area contributed by atoms with Gasteiger partial charge in [0.1, 0.15) is 0 Å². The Morgan fingerprint density at radius 2 is 2.33 bits per heavy atom. The average molecular weight is 360 g/mol. The van der Waals surface area contributed by atoms with E-state index in [4.69, 9.17) is 0 Å². The van der Waals surface area contributed by atoms with E-state index in [0.717, 1.165) is 24.8 Å². The summed E-state index contributed by atoms with van der Waals surface area (Å²) in [4.78, 5) is 8.31. The summed E-state index contributed by atoms with van der Waals surface area (Å²) in [5, 5.41) is 6.72. The second-order valence-corrected chi connectivity index (χ2v) is 4.57. The predicted octanol–water partition coefficient (Wildman–Crippen LogP) is 1.82. The van der Waals surface area contributed by atoms with E-state index < -0.39 is 0 Å². The van der Waals surface area contributed by atoms with Gasteiger partial charge in [-0.3, -0.25) is 9.98 Å². The number of nitrogens with zero attached hydrogens (tertiary/aromatic N) is 2. The third kappa shape index (κ3) is 4.80. The van der Waals surface area contributed by atoms with Crippen molar-refractivity contribution in [1.82, 2.24) is 15.6 Å². The molecule has 2 N–H and O–H groups in total. The van der Waals surface area contributed by atoms with Crippen LogP contribution in [0.15, 0.2) is 29.5 Å². The van der Waals surface area contributed by atoms with Crippen molar-refractivity contribution >= 4 is 29.9 Å². The maximum absolute atomic E-state index is 4.21. The Morgan fingerprint density at radius 1 is 1.56 bits per heavy atom. The van der Waals surface area contributed by atoms with E-state index in [1.165, 1.54) is 12.0 Å². The second kappa shape index (κ2) is 7.56. The van der Waals surface area contributed by atoms with E-state index >= 15 is 0 Å². The van der Waals surface area contributed by atoms with Gasteiger partial charge in [0.25, 0.3) is 0 Å². The van der Waals surface area contributed by atoms with E-state index in [1.54, 1.807) is 6.20 Å². The molecule has 1 aliphatic carbocycles. The molecule has 0 amide bonds. The molecule has 0 aliphatic heterocycles. The van der Waals surface area contributed by atoms with E-state index in [0.29, 0.717) is 6.04 Å². The van der Waals surface area contributed by atoms with Gasteiger partial charge in [-0.1, -0.05) is 13.0 Å². The third-order valence-corrected chi connectivity index (χ3v) is 3.08. The summed E-state index contributed by atoms with van der Waals surface area (Å²) < 4.78 is 0. The van der Waals surface area contributed by atoms with Crippen LogP contribution >= 0.6 is 24.0 Å². The molecule has 2 unspecified atom stereocenters. The SMILES string of the molecule is CN=C(NCCc1cccnc1)NC1CC1C.I. The lowest BCUT2D eigenvalue weighted by atomic mass is 10.2. The fourth-order valence-corrected chi connectivity index (χ4v) is 1.76. The summed E-state index contributed by atoms with van der Waals surface area (Å²) in [5.41, 5.74) is 1.25. The normalized spacial score (nSPS) is 22.0. The molecule has 0 spiro atoms. The highest BCUT2D eigenvalue weighted by atomic mass is 127. The molecule has 1 aromatic heterocycles. The van der Waals surface area contributed by atoms with Gasteiger partial charge in [-0.15, -0.1) is 24.0 Å². The Kier molecular flexibility index (Phi) is 6.38. The van der Waals surface area contributed by atoms with Gasteiger partial charge in [0.15, 0.2) is 5.96 Å². The van der Waals surface area contributed by atoms with Crippen molar-refractivity contribution in [2.24, 2.45) is 10.9 Å². The highest BCUT2D eigenvalue weighted by Gasteiger charge is 2.33. The van der Waals surface area contributed by atoms with Gasteiger partial charge in [0.05, 0.1) is 0 Å². The molecule has 1 fully saturated rings. The van der Waals surface area contributed by atoms with Crippen LogP contribution in [0.3, 0.4) is 0 Å². The van der Waals surface area contributed by atoms with E-state index in [9.17, 15) is 0 Å². The minimum absolute atomic E-state index is 0. The Morgan fingerprint density at radius 3 is 2.89 bits per heavy atom. The first-order valence-electron chi connectivity index (χ1n) is 6.15. The molecule has 1 aliphatic rings. The summed E-state index contributed by atoms with van der Waals surface area (Å²) in [5.74, 6) is 1.69. The van der Waals surface area contributed by atoms with Crippen molar-refractivity contribution in [3.63, 3.8) is 0 Å². The number of pyridine rings is 1. The van der Waals surface area contributed by atoms with Crippen molar-refractivity contribution in [3.8, 4) is 0 Å². The monoisotopic (exact) mass is 360 g/mol. The molecule has 1 aromatic rings. The molecule has 5 heteroatoms. The lowest BCUT2D eigenvalue weighted by molar-refractivity contribution is 0.757. The zero-order valence-corrected chi connectivity index (χ0v) is 13.2. The molecule has 0 bridgehead atoms. The van der Waals surface area contributed by atoms with Crippen LogP contribution in [0, 0.1) is 5.92 Å². The van der Waals surface area contributed by atoms with Crippen LogP contribution in [0.2, 0.25) is 0 Å². The molecule has 2 rings (SSSR count). The molecule has 18 heavy (non-hydrogen) atoms. The van der Waals surface area contributed by atoms with Crippen LogP contribution in [0.1, 0.15) is 18.9 Å². The van der Waals surface area contributed by atoms with Crippen molar-refractivity contribution in [3.05, 3.63) is 30.1 Å². The molecule has 4 nitrogen and oxygen atoms in total. The lowest BCUT2D eigenvalue weighted by Gasteiger charge is -2.11. The van der Waals surface area contributed by atoms with Gasteiger partial charge < -0.3 is 10.6 Å². The fourth-order valence-electron chi connectivity index (χ4n) is 1.76. The van der Waals surface area contributed by atoms with Gasteiger partial charge in [0, 0.05) is 32.0 Å². The molecule has 1 heterocycles. The van der Waals surface area contributed by atoms with E-state index in [2.05, 4.69) is 33.6 Å². The number of aliphatic imine (C=N–C) groups is 1. The first-order chi connectivity index (χ1) is 8.29. The Bertz CT molecular complexity index is 380. The summed E-state index contributed by atoms with van der Waals surface area (Å²) in [7, 11) is 1.81. The summed E-state index contributed by atoms with van der Waals surface area (Å²) in [6.45, 7) is 3.13. The van der Waals surface area contributed by atoms with Gasteiger partial charge in [-0.2, -0.15) is 0 Å². The number of guanidine groups is 1. The fraction of sp³-hybridized carbons (Fsp3) is 0.538. The summed E-state index contributed by atoms with van der Waals surface area (Å²) in [6.07, 6.45) is 5.92. The third-order valence-electron chi connectivity index (χ3n) is 3.08. The maximum atomic E-state index is 4.21. The van der Waals surface area contributed by atoms with Crippen LogP contribution in [0.5, 0.6) is 0 Å². The standard InChI is InChI=1S/C13H20N4.HI/c1-10-8-12(10)17-13(14-2)16-7-5-11-4-3-6-15-9-11;/h3-4,6,9-10,12H,5,7-8H2,1-2H3,(H2,14,16,17);1H. The maximum Gasteiger partial charge on any atom is 0.191 e. The summed E-state index contributed by atoms with van der Waals surface area (Å²) in [6, 6.07) is 4.67. The van der Waals surface area contributed by atoms with E-state index in [-0.39, 0.29) is 24.0 Å². The van der Waals surface area contributed by atoms with Crippen LogP contribution in [-0.2, 0) is 6.42 Å². The van der Waals surface area contributed by atoms with Gasteiger partial charge in [-0.25, -0.2) is 0 Å². The smallest absolute Gasteiger partial charge is 0.191 e. The molecule has 0 aromatic carbocycles. The molecular formula is C13H21IN4. The Labute approximate surface area is 126 Å². The number of aromatic nitrogens is 1. The number of nitrogens with one attached hydrogen (secondary N) is 2. The van der Waals surface area contributed by atoms with Gasteiger partial charge in [0.2, 0.25) is 0 Å². The molecule has 100 valence electrons. The number of rotatable bonds is 4. The number of hydrogen-bond donors (Lipinski definition) is 2. The Hall–Kier alpha value is -0.850. The van der Waals surface area contributed by atoms with Crippen LogP contribution in [0.4, 0.5) is 0 Å². The topological polar surface area (TPSA) is 49.3 Å². The van der Waals surface area contributed by atoms with Crippen molar-refractivity contribution in [1.29, 1.82) is 0 Å². The molecule has 0 radical (unpaired) electrons. The number of hydrogen-bond acceptors (Lipinski definition) is 2. The minimum Gasteiger partial charge on any atom is -0.356 e. The van der Waals surface area contributed by atoms with Crippen molar-refractivity contribution in [2.75, 3.05) is 13.6 Å². The van der Waals surface area contributed by atoms with Gasteiger partial charge in [-0.05, 0) is 30.4 Å². The highest BCUT2D eigenvalue weighted by Crippen LogP contribution is 2.28. The van der Waals surface area contributed by atoms with Crippen molar-refractivity contribution in [2.45, 2.75) is 25.8 Å². The minimum atomic E-state index is 0. The first kappa shape index (κ1) is 15.2. The average Bonchev–Trinajstić information content (AvgIpc) is 3.05. The van der Waals surface area contributed by atoms with Gasteiger partial charge >= 0.3 is 0 Å². The van der Waals surface area contributed by atoms with Crippen LogP contribution in [0.25, 0.3) is 0 Å². The zero-order chi connectivity index (χ0) is 12.1. The lowest BCUT2D eigenvalue weighted by Crippen LogP contribution is -2.39.